The van der Waals surface area contributed by atoms with Crippen molar-refractivity contribution >= 4 is 16.9 Å². The summed E-state index contributed by atoms with van der Waals surface area (Å²) in [6, 6.07) is 5.78. The molecule has 2 aromatic rings. The molecular weight excluding hydrogens is 202 g/mol. The average molecular weight is 215 g/mol. The molecule has 2 rings (SSSR count). The number of aryl methyl sites for hydroxylation is 1. The summed E-state index contributed by atoms with van der Waals surface area (Å²) >= 11 is 0. The maximum absolute atomic E-state index is 11.5. The third-order valence-electron chi connectivity index (χ3n) is 2.27. The molecule has 0 atom stereocenters. The van der Waals surface area contributed by atoms with Gasteiger partial charge in [-0.2, -0.15) is 0 Å². The van der Waals surface area contributed by atoms with E-state index in [1.165, 1.54) is 6.20 Å². The fourth-order valence-electron chi connectivity index (χ4n) is 1.48. The molecule has 0 saturated carbocycles. The molecule has 0 spiro atoms. The number of nitrogens with zero attached hydrogens (tertiary/aromatic N) is 2. The van der Waals surface area contributed by atoms with Crippen molar-refractivity contribution in [3.05, 3.63) is 35.7 Å². The predicted octanol–water partition coefficient (Wildman–Crippen LogP) is 1.69. The summed E-state index contributed by atoms with van der Waals surface area (Å²) in [4.78, 5) is 20.0. The van der Waals surface area contributed by atoms with Crippen molar-refractivity contribution < 1.29 is 4.79 Å². The average Bonchev–Trinajstić information content (AvgIpc) is 2.28. The van der Waals surface area contributed by atoms with Crippen LogP contribution in [0.1, 0.15) is 23.0 Å². The minimum absolute atomic E-state index is 0.183. The Morgan fingerprint density at radius 3 is 2.94 bits per heavy atom. The zero-order valence-corrected chi connectivity index (χ0v) is 9.32. The van der Waals surface area contributed by atoms with Gasteiger partial charge in [-0.25, -0.2) is 4.98 Å². The van der Waals surface area contributed by atoms with Gasteiger partial charge >= 0.3 is 0 Å². The molecule has 82 valence electrons. The molecule has 1 aromatic heterocycles. The first-order valence-electron chi connectivity index (χ1n) is 5.22. The minimum Gasteiger partial charge on any atom is -0.351 e. The van der Waals surface area contributed by atoms with Crippen LogP contribution in [0.25, 0.3) is 11.0 Å². The largest absolute Gasteiger partial charge is 0.351 e. The van der Waals surface area contributed by atoms with Crippen LogP contribution in [0.2, 0.25) is 0 Å². The number of hydrogen-bond donors (Lipinski definition) is 1. The lowest BCUT2D eigenvalue weighted by Gasteiger charge is -2.03. The lowest BCUT2D eigenvalue weighted by molar-refractivity contribution is 0.0951. The summed E-state index contributed by atoms with van der Waals surface area (Å²) in [5, 5.41) is 2.70. The van der Waals surface area contributed by atoms with Gasteiger partial charge in [-0.05, 0) is 31.5 Å². The van der Waals surface area contributed by atoms with Crippen LogP contribution in [0.4, 0.5) is 0 Å². The molecule has 0 aliphatic carbocycles. The second-order valence-electron chi connectivity index (χ2n) is 3.61. The van der Waals surface area contributed by atoms with Crippen LogP contribution in [0.5, 0.6) is 0 Å². The molecule has 16 heavy (non-hydrogen) atoms. The fourth-order valence-corrected chi connectivity index (χ4v) is 1.48. The summed E-state index contributed by atoms with van der Waals surface area (Å²) in [5.74, 6) is -0.183. The molecule has 0 unspecified atom stereocenters. The summed E-state index contributed by atoms with van der Waals surface area (Å²) in [6.45, 7) is 4.46. The highest BCUT2D eigenvalue weighted by molar-refractivity contribution is 5.93. The van der Waals surface area contributed by atoms with Crippen LogP contribution in [0.15, 0.2) is 24.4 Å². The Labute approximate surface area is 93.7 Å². The van der Waals surface area contributed by atoms with E-state index >= 15 is 0 Å². The van der Waals surface area contributed by atoms with Crippen LogP contribution < -0.4 is 5.32 Å². The summed E-state index contributed by atoms with van der Waals surface area (Å²) in [7, 11) is 0. The van der Waals surface area contributed by atoms with Crippen molar-refractivity contribution in [3.63, 3.8) is 0 Å². The molecule has 4 nitrogen and oxygen atoms in total. The number of aromatic nitrogens is 2. The van der Waals surface area contributed by atoms with Gasteiger partial charge in [-0.3, -0.25) is 9.78 Å². The first-order chi connectivity index (χ1) is 7.70. The number of hydrogen-bond acceptors (Lipinski definition) is 3. The van der Waals surface area contributed by atoms with E-state index in [-0.39, 0.29) is 5.91 Å². The highest BCUT2D eigenvalue weighted by Crippen LogP contribution is 2.11. The minimum atomic E-state index is -0.183. The van der Waals surface area contributed by atoms with Crippen molar-refractivity contribution in [2.45, 2.75) is 13.8 Å². The molecule has 0 radical (unpaired) electrons. The van der Waals surface area contributed by atoms with Crippen LogP contribution >= 0.6 is 0 Å². The fraction of sp³-hybridized carbons (Fsp3) is 0.250. The van der Waals surface area contributed by atoms with Crippen LogP contribution in [-0.4, -0.2) is 22.4 Å². The lowest BCUT2D eigenvalue weighted by atomic mass is 10.2. The van der Waals surface area contributed by atoms with Crippen LogP contribution in [-0.2, 0) is 0 Å². The van der Waals surface area contributed by atoms with Crippen molar-refractivity contribution in [1.82, 2.24) is 15.3 Å². The SMILES string of the molecule is CCNC(=O)c1cnc2cc(C)ccc2n1. The van der Waals surface area contributed by atoms with E-state index in [2.05, 4.69) is 15.3 Å². The summed E-state index contributed by atoms with van der Waals surface area (Å²) in [5.41, 5.74) is 3.05. The van der Waals surface area contributed by atoms with E-state index < -0.39 is 0 Å². The number of carbonyl (C=O) groups excluding carboxylic acids is 1. The molecule has 0 aliphatic heterocycles. The van der Waals surface area contributed by atoms with Gasteiger partial charge in [0.1, 0.15) is 5.69 Å². The Balaban J connectivity index is 2.44. The molecule has 1 heterocycles. The van der Waals surface area contributed by atoms with Crippen molar-refractivity contribution in [2.75, 3.05) is 6.54 Å². The Hall–Kier alpha value is -1.97. The molecule has 4 heteroatoms. The van der Waals surface area contributed by atoms with Crippen molar-refractivity contribution in [2.24, 2.45) is 0 Å². The summed E-state index contributed by atoms with van der Waals surface area (Å²) in [6.07, 6.45) is 1.51. The lowest BCUT2D eigenvalue weighted by Crippen LogP contribution is -2.23. The standard InChI is InChI=1S/C12H13N3O/c1-3-13-12(16)11-7-14-10-6-8(2)4-5-9(10)15-11/h4-7H,3H2,1-2H3,(H,13,16). The molecule has 1 aromatic carbocycles. The molecule has 1 amide bonds. The second-order valence-corrected chi connectivity index (χ2v) is 3.61. The predicted molar refractivity (Wildman–Crippen MR) is 62.3 cm³/mol. The zero-order chi connectivity index (χ0) is 11.5. The Morgan fingerprint density at radius 1 is 1.38 bits per heavy atom. The number of benzene rings is 1. The van der Waals surface area contributed by atoms with Gasteiger partial charge in [0.2, 0.25) is 0 Å². The number of rotatable bonds is 2. The van der Waals surface area contributed by atoms with E-state index in [0.717, 1.165) is 16.6 Å². The maximum Gasteiger partial charge on any atom is 0.271 e. The van der Waals surface area contributed by atoms with Gasteiger partial charge in [0, 0.05) is 6.54 Å². The van der Waals surface area contributed by atoms with E-state index in [1.54, 1.807) is 0 Å². The molecular formula is C12H13N3O. The zero-order valence-electron chi connectivity index (χ0n) is 9.32. The topological polar surface area (TPSA) is 54.9 Å². The Kier molecular flexibility index (Phi) is 2.81. The Morgan fingerprint density at radius 2 is 2.19 bits per heavy atom. The number of fused-ring (bicyclic) bond motifs is 1. The maximum atomic E-state index is 11.5. The van der Waals surface area contributed by atoms with E-state index in [1.807, 2.05) is 32.0 Å². The first-order valence-corrected chi connectivity index (χ1v) is 5.22. The van der Waals surface area contributed by atoms with Crippen molar-refractivity contribution in [3.8, 4) is 0 Å². The third-order valence-corrected chi connectivity index (χ3v) is 2.27. The van der Waals surface area contributed by atoms with Crippen LogP contribution in [0, 0.1) is 6.92 Å². The molecule has 1 N–H and O–H groups in total. The second kappa shape index (κ2) is 4.26. The van der Waals surface area contributed by atoms with E-state index in [0.29, 0.717) is 12.2 Å². The summed E-state index contributed by atoms with van der Waals surface area (Å²) < 4.78 is 0. The molecule has 0 aliphatic rings. The number of amides is 1. The van der Waals surface area contributed by atoms with Gasteiger partial charge in [0.25, 0.3) is 5.91 Å². The van der Waals surface area contributed by atoms with Gasteiger partial charge in [0.05, 0.1) is 17.2 Å². The van der Waals surface area contributed by atoms with Gasteiger partial charge in [-0.1, -0.05) is 6.07 Å². The number of carbonyl (C=O) groups is 1. The third kappa shape index (κ3) is 2.00. The normalized spacial score (nSPS) is 10.4. The monoisotopic (exact) mass is 215 g/mol. The molecule has 0 bridgehead atoms. The van der Waals surface area contributed by atoms with Crippen LogP contribution in [0.3, 0.4) is 0 Å². The first kappa shape index (κ1) is 10.5. The molecule has 0 saturated heterocycles. The van der Waals surface area contributed by atoms with E-state index in [4.69, 9.17) is 0 Å². The smallest absolute Gasteiger partial charge is 0.271 e. The quantitative estimate of drug-likeness (QED) is 0.829. The van der Waals surface area contributed by atoms with Gasteiger partial charge in [-0.15, -0.1) is 0 Å². The van der Waals surface area contributed by atoms with Gasteiger partial charge < -0.3 is 5.32 Å². The Bertz CT molecular complexity index is 537. The highest BCUT2D eigenvalue weighted by Gasteiger charge is 2.07. The number of nitrogens with one attached hydrogen (secondary N) is 1. The van der Waals surface area contributed by atoms with E-state index in [9.17, 15) is 4.79 Å². The van der Waals surface area contributed by atoms with Crippen molar-refractivity contribution in [1.29, 1.82) is 0 Å². The van der Waals surface area contributed by atoms with Gasteiger partial charge in [0.15, 0.2) is 0 Å². The molecule has 0 fully saturated rings. The highest BCUT2D eigenvalue weighted by atomic mass is 16.1.